The van der Waals surface area contributed by atoms with Gasteiger partial charge in [0.15, 0.2) is 18.1 Å². The predicted octanol–water partition coefficient (Wildman–Crippen LogP) is 3.85. The van der Waals surface area contributed by atoms with E-state index in [1.807, 2.05) is 0 Å². The number of nitrogens with zero attached hydrogens (tertiary/aromatic N) is 2. The summed E-state index contributed by atoms with van der Waals surface area (Å²) in [6.07, 6.45) is 0. The lowest BCUT2D eigenvalue weighted by Gasteiger charge is -2.12. The van der Waals surface area contributed by atoms with E-state index >= 15 is 0 Å². The van der Waals surface area contributed by atoms with Crippen molar-refractivity contribution in [2.75, 3.05) is 33.7 Å². The lowest BCUT2D eigenvalue weighted by Crippen LogP contribution is -2.05. The molecule has 0 atom stereocenters. The van der Waals surface area contributed by atoms with Crippen LogP contribution in [0, 0.1) is 17.7 Å². The zero-order valence-corrected chi connectivity index (χ0v) is 18.3. The van der Waals surface area contributed by atoms with Crippen LogP contribution in [-0.2, 0) is 4.74 Å². The fourth-order valence-corrected chi connectivity index (χ4v) is 3.12. The first-order valence-corrected chi connectivity index (χ1v) is 10.2. The van der Waals surface area contributed by atoms with Crippen LogP contribution in [0.1, 0.15) is 10.4 Å². The molecule has 0 bridgehead atoms. The standard InChI is InChI=1S/C22H19FN2O6S/c1-27-17-12-15(13-18(28-2)19(17)29-3)20-24-25-22(31-20)32-10-5-4-9-30-21(26)14-7-6-8-16(23)11-14/h6-8,11-13H,9-10H2,1-3H3. The molecule has 8 nitrogen and oxygen atoms in total. The van der Waals surface area contributed by atoms with Crippen molar-refractivity contribution < 1.29 is 32.5 Å². The van der Waals surface area contributed by atoms with Gasteiger partial charge in [-0.05, 0) is 30.3 Å². The van der Waals surface area contributed by atoms with Crippen LogP contribution in [0.5, 0.6) is 17.2 Å². The van der Waals surface area contributed by atoms with E-state index in [2.05, 4.69) is 22.0 Å². The summed E-state index contributed by atoms with van der Waals surface area (Å²) in [6, 6.07) is 8.66. The summed E-state index contributed by atoms with van der Waals surface area (Å²) in [6.45, 7) is -0.115. The largest absolute Gasteiger partial charge is 0.493 e. The molecule has 32 heavy (non-hydrogen) atoms. The molecule has 1 heterocycles. The van der Waals surface area contributed by atoms with Gasteiger partial charge < -0.3 is 23.4 Å². The van der Waals surface area contributed by atoms with E-state index in [1.54, 1.807) is 12.1 Å². The third-order valence-corrected chi connectivity index (χ3v) is 4.75. The maximum atomic E-state index is 13.1. The van der Waals surface area contributed by atoms with Crippen LogP contribution in [-0.4, -0.2) is 49.9 Å². The summed E-state index contributed by atoms with van der Waals surface area (Å²) >= 11 is 1.23. The number of esters is 1. The van der Waals surface area contributed by atoms with E-state index < -0.39 is 11.8 Å². The van der Waals surface area contributed by atoms with Crippen molar-refractivity contribution in [2.24, 2.45) is 0 Å². The van der Waals surface area contributed by atoms with Gasteiger partial charge in [0.05, 0.1) is 32.6 Å². The Hall–Kier alpha value is -3.71. The second kappa shape index (κ2) is 11.1. The Bertz CT molecular complexity index is 1130. The average molecular weight is 458 g/mol. The minimum absolute atomic E-state index is 0.115. The van der Waals surface area contributed by atoms with E-state index in [0.29, 0.717) is 33.8 Å². The van der Waals surface area contributed by atoms with Crippen molar-refractivity contribution in [3.8, 4) is 40.5 Å². The topological polar surface area (TPSA) is 92.9 Å². The molecule has 0 amide bonds. The molecule has 0 unspecified atom stereocenters. The number of rotatable bonds is 8. The SMILES string of the molecule is COc1cc(-c2nnc(SCC#CCOC(=O)c3cccc(F)c3)o2)cc(OC)c1OC. The van der Waals surface area contributed by atoms with Crippen molar-refractivity contribution >= 4 is 17.7 Å². The molecule has 1 aromatic heterocycles. The van der Waals surface area contributed by atoms with Crippen molar-refractivity contribution in [1.29, 1.82) is 0 Å². The number of carbonyl (C=O) groups is 1. The molecular weight excluding hydrogens is 439 g/mol. The lowest BCUT2D eigenvalue weighted by atomic mass is 10.2. The van der Waals surface area contributed by atoms with Gasteiger partial charge in [-0.25, -0.2) is 9.18 Å². The van der Waals surface area contributed by atoms with E-state index in [1.165, 1.54) is 51.3 Å². The van der Waals surface area contributed by atoms with Crippen molar-refractivity contribution in [3.63, 3.8) is 0 Å². The summed E-state index contributed by atoms with van der Waals surface area (Å²) in [5.41, 5.74) is 0.737. The third kappa shape index (κ3) is 5.70. The Labute approximate surface area is 188 Å². The molecule has 0 aliphatic heterocycles. The molecule has 0 saturated heterocycles. The number of halogens is 1. The molecule has 0 saturated carbocycles. The van der Waals surface area contributed by atoms with Gasteiger partial charge >= 0.3 is 5.97 Å². The zero-order valence-electron chi connectivity index (χ0n) is 17.5. The van der Waals surface area contributed by atoms with E-state index in [9.17, 15) is 9.18 Å². The number of hydrogen-bond acceptors (Lipinski definition) is 9. The highest BCUT2D eigenvalue weighted by atomic mass is 32.2. The first-order valence-electron chi connectivity index (χ1n) is 9.20. The van der Waals surface area contributed by atoms with Crippen LogP contribution in [0.15, 0.2) is 46.0 Å². The second-order valence-corrected chi connectivity index (χ2v) is 6.94. The number of hydrogen-bond donors (Lipinski definition) is 0. The minimum atomic E-state index is -0.640. The van der Waals surface area contributed by atoms with Gasteiger partial charge in [-0.1, -0.05) is 29.7 Å². The molecular formula is C22H19FN2O6S. The Balaban J connectivity index is 1.55. The summed E-state index contributed by atoms with van der Waals surface area (Å²) in [5.74, 6) is 6.40. The van der Waals surface area contributed by atoms with Crippen molar-refractivity contribution in [3.05, 3.63) is 47.8 Å². The molecule has 0 N–H and O–H groups in total. The number of ether oxygens (including phenoxy) is 4. The van der Waals surface area contributed by atoms with Gasteiger partial charge in [-0.15, -0.1) is 10.2 Å². The van der Waals surface area contributed by atoms with Crippen LogP contribution < -0.4 is 14.2 Å². The van der Waals surface area contributed by atoms with Gasteiger partial charge in [-0.2, -0.15) is 0 Å². The van der Waals surface area contributed by atoms with Crippen LogP contribution in [0.25, 0.3) is 11.5 Å². The molecule has 2 aromatic carbocycles. The molecule has 10 heteroatoms. The highest BCUT2D eigenvalue weighted by Gasteiger charge is 2.17. The quantitative estimate of drug-likeness (QED) is 0.283. The van der Waals surface area contributed by atoms with Gasteiger partial charge in [0, 0.05) is 5.56 Å². The fraction of sp³-hybridized carbons (Fsp3) is 0.227. The monoisotopic (exact) mass is 458 g/mol. The number of carbonyl (C=O) groups excluding carboxylic acids is 1. The molecule has 3 rings (SSSR count). The van der Waals surface area contributed by atoms with Gasteiger partial charge in [0.2, 0.25) is 11.6 Å². The van der Waals surface area contributed by atoms with Crippen molar-refractivity contribution in [1.82, 2.24) is 10.2 Å². The Morgan fingerprint density at radius 2 is 1.81 bits per heavy atom. The highest BCUT2D eigenvalue weighted by molar-refractivity contribution is 7.99. The van der Waals surface area contributed by atoms with Crippen LogP contribution in [0.2, 0.25) is 0 Å². The zero-order chi connectivity index (χ0) is 22.9. The number of aromatic nitrogens is 2. The van der Waals surface area contributed by atoms with E-state index in [-0.39, 0.29) is 18.1 Å². The second-order valence-electron chi connectivity index (χ2n) is 6.02. The molecule has 3 aromatic rings. The summed E-state index contributed by atoms with van der Waals surface area (Å²) < 4.78 is 39.7. The van der Waals surface area contributed by atoms with Crippen LogP contribution in [0.3, 0.4) is 0 Å². The number of benzene rings is 2. The minimum Gasteiger partial charge on any atom is -0.493 e. The molecule has 0 aliphatic carbocycles. The molecule has 0 aliphatic rings. The van der Waals surface area contributed by atoms with Gasteiger partial charge in [0.25, 0.3) is 5.22 Å². The third-order valence-electron chi connectivity index (χ3n) is 4.05. The molecule has 0 radical (unpaired) electrons. The molecule has 0 spiro atoms. The van der Waals surface area contributed by atoms with E-state index in [0.717, 1.165) is 6.07 Å². The summed E-state index contributed by atoms with van der Waals surface area (Å²) in [5, 5.41) is 8.34. The maximum absolute atomic E-state index is 13.1. The lowest BCUT2D eigenvalue weighted by molar-refractivity contribution is 0.0556. The highest BCUT2D eigenvalue weighted by Crippen LogP contribution is 2.41. The first kappa shape index (κ1) is 23.0. The predicted molar refractivity (Wildman–Crippen MR) is 115 cm³/mol. The van der Waals surface area contributed by atoms with Gasteiger partial charge in [0.1, 0.15) is 5.82 Å². The fourth-order valence-electron chi connectivity index (χ4n) is 2.59. The van der Waals surface area contributed by atoms with E-state index in [4.69, 9.17) is 23.4 Å². The smallest absolute Gasteiger partial charge is 0.339 e. The Kier molecular flexibility index (Phi) is 7.94. The normalized spacial score (nSPS) is 10.1. The maximum Gasteiger partial charge on any atom is 0.339 e. The molecule has 166 valence electrons. The summed E-state index contributed by atoms with van der Waals surface area (Å²) in [7, 11) is 4.56. The van der Waals surface area contributed by atoms with Gasteiger partial charge in [-0.3, -0.25) is 0 Å². The Morgan fingerprint density at radius 3 is 2.47 bits per heavy atom. The average Bonchev–Trinajstić information content (AvgIpc) is 3.29. The molecule has 0 fully saturated rings. The van der Waals surface area contributed by atoms with Crippen molar-refractivity contribution in [2.45, 2.75) is 5.22 Å². The first-order chi connectivity index (χ1) is 15.5. The number of thioether (sulfide) groups is 1. The summed E-state index contributed by atoms with van der Waals surface area (Å²) in [4.78, 5) is 11.8. The number of methoxy groups -OCH3 is 3. The Morgan fingerprint density at radius 1 is 1.06 bits per heavy atom. The van der Waals surface area contributed by atoms with Crippen LogP contribution in [0.4, 0.5) is 4.39 Å². The van der Waals surface area contributed by atoms with Crippen LogP contribution >= 0.6 is 11.8 Å².